The van der Waals surface area contributed by atoms with E-state index in [0.29, 0.717) is 5.75 Å². The van der Waals surface area contributed by atoms with Crippen LogP contribution in [0.15, 0.2) is 88.1 Å². The highest BCUT2D eigenvalue weighted by Crippen LogP contribution is 2.39. The molecule has 15 nitrogen and oxygen atoms in total. The van der Waals surface area contributed by atoms with Crippen molar-refractivity contribution in [1.29, 1.82) is 0 Å². The molecule has 1 aromatic heterocycles. The van der Waals surface area contributed by atoms with E-state index < -0.39 is 84.3 Å². The molecule has 0 aliphatic carbocycles. The van der Waals surface area contributed by atoms with Gasteiger partial charge in [0.25, 0.3) is 5.75 Å². The number of benzene rings is 3. The first-order chi connectivity index (χ1) is 24.9. The van der Waals surface area contributed by atoms with Crippen molar-refractivity contribution >= 4 is 40.8 Å². The molecular formula is C37H34O15. The largest absolute Gasteiger partial charge is 0.489 e. The maximum Gasteiger partial charge on any atom is 0.383 e. The Labute approximate surface area is 296 Å². The molecule has 3 aromatic carbocycles. The van der Waals surface area contributed by atoms with E-state index in [1.54, 1.807) is 24.3 Å². The molecule has 0 amide bonds. The van der Waals surface area contributed by atoms with Crippen molar-refractivity contribution in [2.24, 2.45) is 0 Å². The summed E-state index contributed by atoms with van der Waals surface area (Å²) >= 11 is 0. The minimum Gasteiger partial charge on any atom is -0.489 e. The third-order valence-corrected chi connectivity index (χ3v) is 7.43. The molecule has 0 spiro atoms. The summed E-state index contributed by atoms with van der Waals surface area (Å²) in [4.78, 5) is 75.5. The van der Waals surface area contributed by atoms with E-state index in [1.807, 2.05) is 30.3 Å². The molecular weight excluding hydrogens is 684 g/mol. The average Bonchev–Trinajstić information content (AvgIpc) is 3.10. The zero-order chi connectivity index (χ0) is 37.4. The second-order valence-electron chi connectivity index (χ2n) is 11.4. The first kappa shape index (κ1) is 37.0. The highest BCUT2D eigenvalue weighted by atomic mass is 16.7. The van der Waals surface area contributed by atoms with Gasteiger partial charge in [-0.2, -0.15) is 0 Å². The summed E-state index contributed by atoms with van der Waals surface area (Å²) in [5.41, 5.74) is -0.238. The molecule has 0 radical (unpaired) electrons. The number of carbonyl (C=O) groups excluding carboxylic acids is 5. The molecule has 0 N–H and O–H groups in total. The third-order valence-electron chi connectivity index (χ3n) is 7.43. The molecule has 5 rings (SSSR count). The van der Waals surface area contributed by atoms with Gasteiger partial charge in [-0.1, -0.05) is 48.5 Å². The van der Waals surface area contributed by atoms with E-state index in [2.05, 4.69) is 0 Å². The number of esters is 5. The Bertz CT molecular complexity index is 1990. The Morgan fingerprint density at radius 2 is 1.31 bits per heavy atom. The van der Waals surface area contributed by atoms with E-state index in [4.69, 9.17) is 42.3 Å². The van der Waals surface area contributed by atoms with E-state index >= 15 is 0 Å². The van der Waals surface area contributed by atoms with E-state index in [-0.39, 0.29) is 23.1 Å². The lowest BCUT2D eigenvalue weighted by Gasteiger charge is -2.44. The normalized spacial score (nSPS) is 19.5. The standard InChI is InChI=1S/C37H34O15/c1-20(38)44-19-29-31(46-21(2)39)32(47-22(3)40)34(48-23(4)41)37(50-29)52-30-27-16-15-26(45-18-24-11-7-5-8-12-24)17-28(27)49-36(43)33(30)51-35(42)25-13-9-6-10-14-25/h5-17,29,31-32,34,37H,18-19H2,1-4H3/t29-,31-,32+,34-,37+/m1/s1. The zero-order valence-electron chi connectivity index (χ0n) is 28.4. The van der Waals surface area contributed by atoms with E-state index in [1.165, 1.54) is 24.3 Å². The number of fused-ring (bicyclic) bond motifs is 1. The summed E-state index contributed by atoms with van der Waals surface area (Å²) in [6, 6.07) is 21.5. The van der Waals surface area contributed by atoms with Gasteiger partial charge in [-0.25, -0.2) is 9.59 Å². The van der Waals surface area contributed by atoms with Gasteiger partial charge >= 0.3 is 35.5 Å². The Balaban J connectivity index is 1.62. The fourth-order valence-electron chi connectivity index (χ4n) is 5.30. The number of rotatable bonds is 12. The van der Waals surface area contributed by atoms with Gasteiger partial charge in [0.15, 0.2) is 18.0 Å². The van der Waals surface area contributed by atoms with Gasteiger partial charge in [0, 0.05) is 33.8 Å². The summed E-state index contributed by atoms with van der Waals surface area (Å²) in [7, 11) is 0. The first-order valence-electron chi connectivity index (χ1n) is 15.9. The maximum absolute atomic E-state index is 13.6. The molecule has 5 atom stereocenters. The summed E-state index contributed by atoms with van der Waals surface area (Å²) in [6.45, 7) is 3.99. The van der Waals surface area contributed by atoms with Crippen LogP contribution in [-0.4, -0.2) is 67.2 Å². The Hall–Kier alpha value is -6.22. The van der Waals surface area contributed by atoms with Gasteiger partial charge in [0.1, 0.15) is 30.7 Å². The maximum atomic E-state index is 13.6. The van der Waals surface area contributed by atoms with Gasteiger partial charge in [0.2, 0.25) is 12.4 Å². The number of hydrogen-bond acceptors (Lipinski definition) is 15. The highest BCUT2D eigenvalue weighted by molar-refractivity contribution is 5.93. The fraction of sp³-hybridized carbons (Fsp3) is 0.297. The van der Waals surface area contributed by atoms with Crippen molar-refractivity contribution in [2.45, 2.75) is 65.0 Å². The van der Waals surface area contributed by atoms with Crippen molar-refractivity contribution in [2.75, 3.05) is 6.61 Å². The van der Waals surface area contributed by atoms with Crippen LogP contribution >= 0.6 is 0 Å². The van der Waals surface area contributed by atoms with Crippen LogP contribution in [0.2, 0.25) is 0 Å². The SMILES string of the molecule is CC(=O)OC[C@H]1O[C@@H](Oc2c(OC(=O)c3ccccc3)c(=O)oc3cc(OCc4ccccc4)ccc23)[C@H](OC(C)=O)[C@@H](OC(C)=O)[C@@H]1OC(C)=O. The zero-order valence-corrected chi connectivity index (χ0v) is 28.4. The third kappa shape index (κ3) is 9.31. The topological polar surface area (TPSA) is 189 Å². The van der Waals surface area contributed by atoms with Gasteiger partial charge in [-0.3, -0.25) is 19.2 Å². The average molecular weight is 719 g/mol. The van der Waals surface area contributed by atoms with Crippen LogP contribution in [0.5, 0.6) is 17.2 Å². The molecule has 0 unspecified atom stereocenters. The monoisotopic (exact) mass is 718 g/mol. The smallest absolute Gasteiger partial charge is 0.383 e. The van der Waals surface area contributed by atoms with Crippen LogP contribution < -0.4 is 19.8 Å². The van der Waals surface area contributed by atoms with Gasteiger partial charge < -0.3 is 42.3 Å². The van der Waals surface area contributed by atoms with Crippen LogP contribution in [0, 0.1) is 0 Å². The molecule has 2 heterocycles. The number of ether oxygens (including phenoxy) is 8. The van der Waals surface area contributed by atoms with Gasteiger partial charge in [-0.15, -0.1) is 0 Å². The van der Waals surface area contributed by atoms with Gasteiger partial charge in [-0.05, 0) is 29.8 Å². The van der Waals surface area contributed by atoms with Crippen molar-refractivity contribution in [3.63, 3.8) is 0 Å². The van der Waals surface area contributed by atoms with E-state index in [9.17, 15) is 28.8 Å². The lowest BCUT2D eigenvalue weighted by atomic mass is 9.98. The fourth-order valence-corrected chi connectivity index (χ4v) is 5.30. The molecule has 15 heteroatoms. The summed E-state index contributed by atoms with van der Waals surface area (Å²) < 4.78 is 50.9. The summed E-state index contributed by atoms with van der Waals surface area (Å²) in [5, 5.41) is 0.0791. The molecule has 1 saturated heterocycles. The predicted octanol–water partition coefficient (Wildman–Crippen LogP) is 4.05. The predicted molar refractivity (Wildman–Crippen MR) is 177 cm³/mol. The molecule has 0 saturated carbocycles. The van der Waals surface area contributed by atoms with Crippen LogP contribution in [0.4, 0.5) is 0 Å². The molecule has 4 aromatic rings. The molecule has 1 aliphatic heterocycles. The van der Waals surface area contributed by atoms with Crippen LogP contribution in [0.3, 0.4) is 0 Å². The lowest BCUT2D eigenvalue weighted by molar-refractivity contribution is -0.288. The minimum absolute atomic E-state index is 0.0595. The van der Waals surface area contributed by atoms with Crippen molar-refractivity contribution in [3.8, 4) is 17.2 Å². The highest BCUT2D eigenvalue weighted by Gasteiger charge is 2.53. The Morgan fingerprint density at radius 3 is 1.94 bits per heavy atom. The van der Waals surface area contributed by atoms with Crippen molar-refractivity contribution < 1.29 is 66.3 Å². The summed E-state index contributed by atoms with van der Waals surface area (Å²) in [5.74, 6) is -5.02. The van der Waals surface area contributed by atoms with Crippen LogP contribution in [0.25, 0.3) is 11.0 Å². The first-order valence-corrected chi connectivity index (χ1v) is 15.9. The van der Waals surface area contributed by atoms with Gasteiger partial charge in [0.05, 0.1) is 10.9 Å². The van der Waals surface area contributed by atoms with Crippen LogP contribution in [-0.2, 0) is 49.5 Å². The molecule has 52 heavy (non-hydrogen) atoms. The quantitative estimate of drug-likeness (QED) is 0.116. The van der Waals surface area contributed by atoms with Crippen molar-refractivity contribution in [1.82, 2.24) is 0 Å². The molecule has 272 valence electrons. The van der Waals surface area contributed by atoms with Crippen molar-refractivity contribution in [3.05, 3.63) is 100 Å². The van der Waals surface area contributed by atoms with Crippen LogP contribution in [0.1, 0.15) is 43.6 Å². The number of carbonyl (C=O) groups is 5. The second-order valence-corrected chi connectivity index (χ2v) is 11.4. The Morgan fingerprint density at radius 1 is 0.692 bits per heavy atom. The van der Waals surface area contributed by atoms with E-state index in [0.717, 1.165) is 33.3 Å². The lowest BCUT2D eigenvalue weighted by Crippen LogP contribution is -2.63. The molecule has 1 aliphatic rings. The Kier molecular flexibility index (Phi) is 11.9. The summed E-state index contributed by atoms with van der Waals surface area (Å²) in [6.07, 6.45) is -7.85. The number of hydrogen-bond donors (Lipinski definition) is 0. The second kappa shape index (κ2) is 16.7. The molecule has 0 bridgehead atoms. The minimum atomic E-state index is -1.77. The molecule has 1 fully saturated rings.